The zero-order valence-electron chi connectivity index (χ0n) is 13.8. The average Bonchev–Trinajstić information content (AvgIpc) is 2.52. The van der Waals surface area contributed by atoms with Gasteiger partial charge in [0.2, 0.25) is 5.91 Å². The summed E-state index contributed by atoms with van der Waals surface area (Å²) in [6.45, 7) is 0.680. The molecule has 1 aliphatic heterocycles. The van der Waals surface area contributed by atoms with Crippen LogP contribution in [0.2, 0.25) is 0 Å². The molecule has 5 rings (SSSR count). The van der Waals surface area contributed by atoms with Crippen molar-refractivity contribution in [1.29, 1.82) is 0 Å². The van der Waals surface area contributed by atoms with Crippen LogP contribution in [0.1, 0.15) is 44.9 Å². The zero-order chi connectivity index (χ0) is 16.2. The van der Waals surface area contributed by atoms with Crippen LogP contribution in [0.25, 0.3) is 0 Å². The summed E-state index contributed by atoms with van der Waals surface area (Å²) in [5, 5.41) is 0. The molecule has 23 heavy (non-hydrogen) atoms. The number of ketones is 1. The van der Waals surface area contributed by atoms with E-state index in [0.29, 0.717) is 24.3 Å². The lowest BCUT2D eigenvalue weighted by Crippen LogP contribution is -2.57. The smallest absolute Gasteiger partial charge is 0.318 e. The van der Waals surface area contributed by atoms with Crippen molar-refractivity contribution in [2.75, 3.05) is 20.2 Å². The van der Waals surface area contributed by atoms with Gasteiger partial charge < -0.3 is 9.64 Å². The topological polar surface area (TPSA) is 63.7 Å². The third kappa shape index (κ3) is 2.39. The number of carbonyl (C=O) groups excluding carboxylic acids is 3. The minimum Gasteiger partial charge on any atom is -0.468 e. The Hall–Kier alpha value is -1.39. The molecular formula is C18H25NO4. The van der Waals surface area contributed by atoms with Gasteiger partial charge in [-0.1, -0.05) is 0 Å². The van der Waals surface area contributed by atoms with Crippen LogP contribution in [-0.4, -0.2) is 42.8 Å². The number of esters is 1. The second-order valence-electron chi connectivity index (χ2n) is 8.24. The molecule has 4 bridgehead atoms. The second kappa shape index (κ2) is 5.32. The number of likely N-dealkylation sites (tertiary alicyclic amines) is 1. The molecule has 1 atom stereocenters. The minimum atomic E-state index is -0.786. The molecule has 5 heteroatoms. The summed E-state index contributed by atoms with van der Waals surface area (Å²) in [6.07, 6.45) is 7.24. The summed E-state index contributed by atoms with van der Waals surface area (Å²) in [4.78, 5) is 38.8. The first-order valence-electron chi connectivity index (χ1n) is 8.90. The van der Waals surface area contributed by atoms with E-state index in [4.69, 9.17) is 4.74 Å². The van der Waals surface area contributed by atoms with Crippen molar-refractivity contribution in [3.05, 3.63) is 0 Å². The van der Waals surface area contributed by atoms with Crippen molar-refractivity contribution in [2.24, 2.45) is 29.1 Å². The van der Waals surface area contributed by atoms with Crippen LogP contribution in [0.3, 0.4) is 0 Å². The van der Waals surface area contributed by atoms with Crippen molar-refractivity contribution >= 4 is 17.7 Å². The Morgan fingerprint density at radius 2 is 1.65 bits per heavy atom. The number of ether oxygens (including phenoxy) is 1. The lowest BCUT2D eigenvalue weighted by molar-refractivity contribution is -0.163. The molecular weight excluding hydrogens is 294 g/mol. The Labute approximate surface area is 136 Å². The van der Waals surface area contributed by atoms with Gasteiger partial charge in [0, 0.05) is 19.5 Å². The molecule has 5 nitrogen and oxygen atoms in total. The number of Topliss-reactive ketones (excluding diaryl/α,β-unsaturated/α-hetero) is 1. The lowest BCUT2D eigenvalue weighted by atomic mass is 9.49. The Morgan fingerprint density at radius 1 is 1.09 bits per heavy atom. The largest absolute Gasteiger partial charge is 0.468 e. The minimum absolute atomic E-state index is 0.0913. The van der Waals surface area contributed by atoms with Crippen molar-refractivity contribution < 1.29 is 19.1 Å². The van der Waals surface area contributed by atoms with Crippen LogP contribution in [-0.2, 0) is 19.1 Å². The number of hydrogen-bond donors (Lipinski definition) is 0. The summed E-state index contributed by atoms with van der Waals surface area (Å²) in [7, 11) is 1.30. The fourth-order valence-corrected chi connectivity index (χ4v) is 6.07. The van der Waals surface area contributed by atoms with E-state index in [2.05, 4.69) is 0 Å². The van der Waals surface area contributed by atoms with Gasteiger partial charge in [-0.05, 0) is 56.3 Å². The summed E-state index contributed by atoms with van der Waals surface area (Å²) >= 11 is 0. The van der Waals surface area contributed by atoms with Gasteiger partial charge in [-0.15, -0.1) is 0 Å². The SMILES string of the molecule is COC(=O)C1CN(C(=O)C23CC4CC(CC(C4)C2)C3)CCC1=O. The predicted octanol–water partition coefficient (Wildman–Crippen LogP) is 1.79. The van der Waals surface area contributed by atoms with Gasteiger partial charge in [-0.25, -0.2) is 0 Å². The standard InChI is InChI=1S/C18H25NO4/c1-23-16(21)14-10-19(3-2-15(14)20)17(22)18-7-11-4-12(8-18)6-13(5-11)9-18/h11-14H,2-10H2,1H3. The first-order chi connectivity index (χ1) is 11.0. The fourth-order valence-electron chi connectivity index (χ4n) is 6.07. The highest BCUT2D eigenvalue weighted by Gasteiger charge is 2.56. The number of hydrogen-bond acceptors (Lipinski definition) is 4. The first-order valence-corrected chi connectivity index (χ1v) is 8.90. The molecule has 1 saturated heterocycles. The van der Waals surface area contributed by atoms with E-state index < -0.39 is 11.9 Å². The molecule has 4 aliphatic carbocycles. The molecule has 0 radical (unpaired) electrons. The van der Waals surface area contributed by atoms with Crippen LogP contribution < -0.4 is 0 Å². The van der Waals surface area contributed by atoms with E-state index >= 15 is 0 Å². The van der Waals surface area contributed by atoms with Crippen molar-refractivity contribution in [2.45, 2.75) is 44.9 Å². The lowest BCUT2D eigenvalue weighted by Gasteiger charge is -2.57. The monoisotopic (exact) mass is 319 g/mol. The Bertz CT molecular complexity index is 512. The van der Waals surface area contributed by atoms with E-state index in [1.165, 1.54) is 26.4 Å². The molecule has 1 heterocycles. The van der Waals surface area contributed by atoms with Gasteiger partial charge >= 0.3 is 5.97 Å². The van der Waals surface area contributed by atoms with Gasteiger partial charge in [0.15, 0.2) is 5.78 Å². The number of amides is 1. The van der Waals surface area contributed by atoms with Crippen molar-refractivity contribution in [3.63, 3.8) is 0 Å². The molecule has 0 spiro atoms. The highest BCUT2D eigenvalue weighted by Crippen LogP contribution is 2.60. The van der Waals surface area contributed by atoms with E-state index in [0.717, 1.165) is 19.3 Å². The highest BCUT2D eigenvalue weighted by atomic mass is 16.5. The van der Waals surface area contributed by atoms with E-state index in [1.54, 1.807) is 4.90 Å². The quantitative estimate of drug-likeness (QED) is 0.575. The molecule has 5 fully saturated rings. The maximum atomic E-state index is 13.3. The highest BCUT2D eigenvalue weighted by molar-refractivity contribution is 6.01. The van der Waals surface area contributed by atoms with Gasteiger partial charge in [0.25, 0.3) is 0 Å². The van der Waals surface area contributed by atoms with Crippen molar-refractivity contribution in [3.8, 4) is 0 Å². The maximum Gasteiger partial charge on any atom is 0.318 e. The van der Waals surface area contributed by atoms with Crippen LogP contribution >= 0.6 is 0 Å². The molecule has 0 aromatic heterocycles. The predicted molar refractivity (Wildman–Crippen MR) is 82.3 cm³/mol. The fraction of sp³-hybridized carbons (Fsp3) is 0.833. The van der Waals surface area contributed by atoms with Crippen molar-refractivity contribution in [1.82, 2.24) is 4.90 Å². The van der Waals surface area contributed by atoms with E-state index in [1.807, 2.05) is 0 Å². The van der Waals surface area contributed by atoms with Crippen LogP contribution in [0, 0.1) is 29.1 Å². The third-order valence-corrected chi connectivity index (χ3v) is 6.68. The number of carbonyl (C=O) groups is 3. The van der Waals surface area contributed by atoms with Gasteiger partial charge in [-0.2, -0.15) is 0 Å². The summed E-state index contributed by atoms with van der Waals surface area (Å²) < 4.78 is 4.74. The second-order valence-corrected chi connectivity index (χ2v) is 8.24. The number of methoxy groups -OCH3 is 1. The molecule has 1 unspecified atom stereocenters. The normalized spacial score (nSPS) is 42.0. The van der Waals surface area contributed by atoms with Gasteiger partial charge in [0.1, 0.15) is 5.92 Å². The van der Waals surface area contributed by atoms with E-state index in [-0.39, 0.29) is 30.1 Å². The number of rotatable bonds is 2. The molecule has 0 aromatic carbocycles. The first kappa shape index (κ1) is 15.2. The molecule has 5 aliphatic rings. The molecule has 0 aromatic rings. The Kier molecular flexibility index (Phi) is 3.50. The number of piperidine rings is 1. The molecule has 1 amide bonds. The number of nitrogens with zero attached hydrogens (tertiary/aromatic N) is 1. The summed E-state index contributed by atoms with van der Waals surface area (Å²) in [5.41, 5.74) is -0.199. The average molecular weight is 319 g/mol. The van der Waals surface area contributed by atoms with Crippen LogP contribution in [0.15, 0.2) is 0 Å². The van der Waals surface area contributed by atoms with Gasteiger partial charge in [0.05, 0.1) is 12.5 Å². The Balaban J connectivity index is 1.53. The molecule has 4 saturated carbocycles. The Morgan fingerprint density at radius 3 is 2.17 bits per heavy atom. The third-order valence-electron chi connectivity index (χ3n) is 6.68. The summed E-state index contributed by atoms with van der Waals surface area (Å²) in [5.74, 6) is 0.975. The van der Waals surface area contributed by atoms with Crippen LogP contribution in [0.4, 0.5) is 0 Å². The molecule has 0 N–H and O–H groups in total. The van der Waals surface area contributed by atoms with E-state index in [9.17, 15) is 14.4 Å². The molecule has 126 valence electrons. The van der Waals surface area contributed by atoms with Crippen LogP contribution in [0.5, 0.6) is 0 Å². The zero-order valence-corrected chi connectivity index (χ0v) is 13.8. The summed E-state index contributed by atoms with van der Waals surface area (Å²) in [6, 6.07) is 0. The van der Waals surface area contributed by atoms with Gasteiger partial charge in [-0.3, -0.25) is 14.4 Å². The maximum absolute atomic E-state index is 13.3.